The molecule has 0 aliphatic heterocycles. The van der Waals surface area contributed by atoms with Crippen molar-refractivity contribution < 1.29 is 4.39 Å². The number of aromatic nitrogens is 1. The van der Waals surface area contributed by atoms with Crippen LogP contribution in [0, 0.1) is 5.82 Å². The van der Waals surface area contributed by atoms with Crippen LogP contribution < -0.4 is 5.32 Å². The molecule has 1 aromatic carbocycles. The molecule has 2 aromatic rings. The highest BCUT2D eigenvalue weighted by Crippen LogP contribution is 2.33. The van der Waals surface area contributed by atoms with Gasteiger partial charge in [0.15, 0.2) is 0 Å². The fraction of sp³-hybridized carbons (Fsp3) is 0.154. The summed E-state index contributed by atoms with van der Waals surface area (Å²) >= 11 is 7.50. The monoisotopic (exact) mass is 282 g/mol. The summed E-state index contributed by atoms with van der Waals surface area (Å²) in [6, 6.07) is 8.29. The van der Waals surface area contributed by atoms with E-state index in [4.69, 9.17) is 11.6 Å². The highest BCUT2D eigenvalue weighted by molar-refractivity contribution is 7.99. The quantitative estimate of drug-likeness (QED) is 0.925. The van der Waals surface area contributed by atoms with Gasteiger partial charge in [0.1, 0.15) is 10.8 Å². The molecule has 5 heteroatoms. The van der Waals surface area contributed by atoms with Crippen molar-refractivity contribution in [2.45, 2.75) is 16.5 Å². The number of nitrogens with one attached hydrogen (secondary N) is 1. The van der Waals surface area contributed by atoms with E-state index in [1.165, 1.54) is 23.9 Å². The average Bonchev–Trinajstić information content (AvgIpc) is 2.35. The molecule has 0 spiro atoms. The third kappa shape index (κ3) is 3.22. The highest BCUT2D eigenvalue weighted by atomic mass is 35.5. The number of halogens is 2. The van der Waals surface area contributed by atoms with Crippen LogP contribution in [-0.4, -0.2) is 12.0 Å². The van der Waals surface area contributed by atoms with Crippen LogP contribution in [0.1, 0.15) is 5.56 Å². The Kier molecular flexibility index (Phi) is 4.58. The lowest BCUT2D eigenvalue weighted by Gasteiger charge is -2.09. The summed E-state index contributed by atoms with van der Waals surface area (Å²) in [4.78, 5) is 5.16. The maximum absolute atomic E-state index is 13.2. The van der Waals surface area contributed by atoms with E-state index in [1.807, 2.05) is 7.05 Å². The van der Waals surface area contributed by atoms with Gasteiger partial charge in [-0.15, -0.1) is 0 Å². The molecular weight excluding hydrogens is 271 g/mol. The van der Waals surface area contributed by atoms with Gasteiger partial charge >= 0.3 is 0 Å². The second-order valence-electron chi connectivity index (χ2n) is 3.67. The number of nitrogens with zero attached hydrogens (tertiary/aromatic N) is 1. The number of hydrogen-bond acceptors (Lipinski definition) is 3. The molecule has 2 rings (SSSR count). The van der Waals surface area contributed by atoms with Crippen LogP contribution in [0.5, 0.6) is 0 Å². The molecule has 1 N–H and O–H groups in total. The first-order valence-corrected chi connectivity index (χ1v) is 6.61. The van der Waals surface area contributed by atoms with Gasteiger partial charge < -0.3 is 5.32 Å². The van der Waals surface area contributed by atoms with Crippen molar-refractivity contribution in [1.29, 1.82) is 0 Å². The molecule has 0 aliphatic rings. The molecule has 0 saturated carbocycles. The van der Waals surface area contributed by atoms with Gasteiger partial charge in [0, 0.05) is 17.6 Å². The molecule has 0 fully saturated rings. The van der Waals surface area contributed by atoms with Crippen LogP contribution in [0.25, 0.3) is 0 Å². The molecule has 94 valence electrons. The molecule has 18 heavy (non-hydrogen) atoms. The summed E-state index contributed by atoms with van der Waals surface area (Å²) in [7, 11) is 1.83. The van der Waals surface area contributed by atoms with Gasteiger partial charge in [-0.05, 0) is 42.9 Å². The first-order valence-electron chi connectivity index (χ1n) is 5.42. The minimum absolute atomic E-state index is 0.239. The van der Waals surface area contributed by atoms with Crippen molar-refractivity contribution in [1.82, 2.24) is 10.3 Å². The van der Waals surface area contributed by atoms with E-state index in [0.29, 0.717) is 11.6 Å². The second kappa shape index (κ2) is 6.18. The molecule has 0 radical (unpaired) electrons. The minimum Gasteiger partial charge on any atom is -0.316 e. The molecule has 0 saturated heterocycles. The van der Waals surface area contributed by atoms with Gasteiger partial charge in [0.25, 0.3) is 0 Å². The van der Waals surface area contributed by atoms with Crippen molar-refractivity contribution in [3.8, 4) is 0 Å². The zero-order valence-electron chi connectivity index (χ0n) is 9.78. The molecule has 1 aromatic heterocycles. The summed E-state index contributed by atoms with van der Waals surface area (Å²) in [5.41, 5.74) is 0.893. The summed E-state index contributed by atoms with van der Waals surface area (Å²) in [5.74, 6) is -0.239. The minimum atomic E-state index is -0.239. The normalized spacial score (nSPS) is 10.6. The Hall–Kier alpha value is -1.10. The average molecular weight is 283 g/mol. The third-order valence-corrected chi connectivity index (χ3v) is 3.88. The Bertz CT molecular complexity index is 548. The zero-order chi connectivity index (χ0) is 13.0. The smallest absolute Gasteiger partial charge is 0.123 e. The van der Waals surface area contributed by atoms with Gasteiger partial charge in [0.2, 0.25) is 0 Å². The molecule has 0 amide bonds. The highest BCUT2D eigenvalue weighted by Gasteiger charge is 2.08. The number of rotatable bonds is 4. The standard InChI is InChI=1S/C13H12ClFN2S/c1-16-8-9-7-10(15)4-5-12(9)18-13-11(14)3-2-6-17-13/h2-7,16H,8H2,1H3. The van der Waals surface area contributed by atoms with Crippen molar-refractivity contribution in [3.63, 3.8) is 0 Å². The lowest BCUT2D eigenvalue weighted by molar-refractivity contribution is 0.621. The van der Waals surface area contributed by atoms with Crippen molar-refractivity contribution >= 4 is 23.4 Å². The molecule has 0 aliphatic carbocycles. The van der Waals surface area contributed by atoms with Crippen molar-refractivity contribution in [3.05, 3.63) is 52.9 Å². The van der Waals surface area contributed by atoms with E-state index in [0.717, 1.165) is 15.5 Å². The summed E-state index contributed by atoms with van der Waals surface area (Å²) in [6.07, 6.45) is 1.69. The third-order valence-electron chi connectivity index (χ3n) is 2.32. The Labute approximate surface area is 115 Å². The molecule has 2 nitrogen and oxygen atoms in total. The van der Waals surface area contributed by atoms with Gasteiger partial charge in [-0.2, -0.15) is 0 Å². The predicted molar refractivity (Wildman–Crippen MR) is 72.5 cm³/mol. The van der Waals surface area contributed by atoms with Crippen LogP contribution in [-0.2, 0) is 6.54 Å². The number of benzene rings is 1. The van der Waals surface area contributed by atoms with Crippen LogP contribution in [0.15, 0.2) is 46.5 Å². The lowest BCUT2D eigenvalue weighted by Crippen LogP contribution is -2.06. The van der Waals surface area contributed by atoms with E-state index in [2.05, 4.69) is 10.3 Å². The first-order chi connectivity index (χ1) is 8.70. The second-order valence-corrected chi connectivity index (χ2v) is 5.11. The molecule has 0 bridgehead atoms. The van der Waals surface area contributed by atoms with E-state index >= 15 is 0 Å². The van der Waals surface area contributed by atoms with Gasteiger partial charge in [0.05, 0.1) is 5.02 Å². The van der Waals surface area contributed by atoms with E-state index in [1.54, 1.807) is 24.4 Å². The Morgan fingerprint density at radius 2 is 2.22 bits per heavy atom. The maximum Gasteiger partial charge on any atom is 0.123 e. The molecule has 0 atom stereocenters. The summed E-state index contributed by atoms with van der Waals surface area (Å²) < 4.78 is 13.2. The molecule has 1 heterocycles. The van der Waals surface area contributed by atoms with E-state index in [-0.39, 0.29) is 5.82 Å². The van der Waals surface area contributed by atoms with Crippen LogP contribution in [0.3, 0.4) is 0 Å². The molecular formula is C13H12ClFN2S. The maximum atomic E-state index is 13.2. The van der Waals surface area contributed by atoms with E-state index in [9.17, 15) is 4.39 Å². The fourth-order valence-corrected chi connectivity index (χ4v) is 2.65. The van der Waals surface area contributed by atoms with Crippen LogP contribution >= 0.6 is 23.4 Å². The summed E-state index contributed by atoms with van der Waals surface area (Å²) in [6.45, 7) is 0.602. The Morgan fingerprint density at radius 1 is 1.39 bits per heavy atom. The summed E-state index contributed by atoms with van der Waals surface area (Å²) in [5, 5.41) is 4.34. The zero-order valence-corrected chi connectivity index (χ0v) is 11.4. The number of hydrogen-bond donors (Lipinski definition) is 1. The largest absolute Gasteiger partial charge is 0.316 e. The molecule has 0 unspecified atom stereocenters. The van der Waals surface area contributed by atoms with Crippen LogP contribution in [0.2, 0.25) is 5.02 Å². The first kappa shape index (κ1) is 13.3. The van der Waals surface area contributed by atoms with Crippen molar-refractivity contribution in [2.24, 2.45) is 0 Å². The van der Waals surface area contributed by atoms with E-state index < -0.39 is 0 Å². The van der Waals surface area contributed by atoms with Gasteiger partial charge in [-0.3, -0.25) is 0 Å². The van der Waals surface area contributed by atoms with Gasteiger partial charge in [-0.25, -0.2) is 9.37 Å². The number of pyridine rings is 1. The fourth-order valence-electron chi connectivity index (χ4n) is 1.53. The van der Waals surface area contributed by atoms with Gasteiger partial charge in [-0.1, -0.05) is 23.4 Å². The Morgan fingerprint density at radius 3 is 2.94 bits per heavy atom. The SMILES string of the molecule is CNCc1cc(F)ccc1Sc1ncccc1Cl. The Balaban J connectivity index is 2.31. The van der Waals surface area contributed by atoms with Crippen LogP contribution in [0.4, 0.5) is 4.39 Å². The predicted octanol–water partition coefficient (Wildman–Crippen LogP) is 3.74. The van der Waals surface area contributed by atoms with Crippen molar-refractivity contribution in [2.75, 3.05) is 7.05 Å². The topological polar surface area (TPSA) is 24.9 Å². The lowest BCUT2D eigenvalue weighted by atomic mass is 10.2.